The molecule has 3 N–H and O–H groups in total. The fourth-order valence-corrected chi connectivity index (χ4v) is 1.14. The largest absolute Gasteiger partial charge is 0.463 e. The van der Waals surface area contributed by atoms with E-state index in [2.05, 4.69) is 18.6 Å². The molecular weight excluding hydrogens is 259 g/mol. The first-order valence-electron chi connectivity index (χ1n) is 4.35. The zero-order valence-corrected chi connectivity index (χ0v) is 11.6. The molecule has 0 heterocycles. The lowest BCUT2D eigenvalue weighted by atomic mass is 10.4. The van der Waals surface area contributed by atoms with Crippen molar-refractivity contribution in [1.82, 2.24) is 4.72 Å². The van der Waals surface area contributed by atoms with Crippen LogP contribution in [0.2, 0.25) is 0 Å². The van der Waals surface area contributed by atoms with Crippen molar-refractivity contribution in [1.29, 1.82) is 0 Å². The molecule has 0 aliphatic heterocycles. The quantitative estimate of drug-likeness (QED) is 0.568. The SMILES string of the molecule is CC(C)SNC(C)C(=O)OCCN.Cl.Cl. The van der Waals surface area contributed by atoms with E-state index in [4.69, 9.17) is 10.5 Å². The Morgan fingerprint density at radius 1 is 1.40 bits per heavy atom. The molecule has 0 aromatic rings. The molecule has 0 aliphatic rings. The standard InChI is InChI=1S/C8H18N2O2S.2ClH/c1-6(2)13-10-7(3)8(11)12-5-4-9;;/h6-7,10H,4-5,9H2,1-3H3;2*1H. The summed E-state index contributed by atoms with van der Waals surface area (Å²) in [5.74, 6) is -0.251. The van der Waals surface area contributed by atoms with Crippen LogP contribution in [0.4, 0.5) is 0 Å². The van der Waals surface area contributed by atoms with Crippen LogP contribution in [0.1, 0.15) is 20.8 Å². The summed E-state index contributed by atoms with van der Waals surface area (Å²) in [6.07, 6.45) is 0. The number of halogens is 2. The molecular formula is C8H20Cl2N2O2S. The van der Waals surface area contributed by atoms with Gasteiger partial charge in [0.15, 0.2) is 0 Å². The molecule has 0 rings (SSSR count). The van der Waals surface area contributed by atoms with Crippen molar-refractivity contribution in [3.05, 3.63) is 0 Å². The van der Waals surface area contributed by atoms with E-state index in [1.807, 2.05) is 0 Å². The molecule has 0 saturated heterocycles. The van der Waals surface area contributed by atoms with Crippen LogP contribution < -0.4 is 10.5 Å². The van der Waals surface area contributed by atoms with Crippen molar-refractivity contribution in [2.75, 3.05) is 13.2 Å². The van der Waals surface area contributed by atoms with Crippen molar-refractivity contribution in [3.8, 4) is 0 Å². The van der Waals surface area contributed by atoms with E-state index in [1.165, 1.54) is 11.9 Å². The Hall–Kier alpha value is 0.320. The van der Waals surface area contributed by atoms with Gasteiger partial charge in [0.1, 0.15) is 12.6 Å². The fraction of sp³-hybridized carbons (Fsp3) is 0.875. The van der Waals surface area contributed by atoms with E-state index in [0.29, 0.717) is 11.8 Å². The zero-order valence-electron chi connectivity index (χ0n) is 9.19. The van der Waals surface area contributed by atoms with Gasteiger partial charge < -0.3 is 10.5 Å². The van der Waals surface area contributed by atoms with Gasteiger partial charge in [-0.15, -0.1) is 24.8 Å². The number of hydrogen-bond acceptors (Lipinski definition) is 5. The summed E-state index contributed by atoms with van der Waals surface area (Å²) in [7, 11) is 0. The van der Waals surface area contributed by atoms with Crippen LogP contribution in [0, 0.1) is 0 Å². The average Bonchev–Trinajstić information content (AvgIpc) is 2.10. The highest BCUT2D eigenvalue weighted by atomic mass is 35.5. The Bertz CT molecular complexity index is 162. The molecule has 0 radical (unpaired) electrons. The fourth-order valence-electron chi connectivity index (χ4n) is 0.571. The van der Waals surface area contributed by atoms with Crippen LogP contribution in [0.3, 0.4) is 0 Å². The highest BCUT2D eigenvalue weighted by Gasteiger charge is 2.13. The summed E-state index contributed by atoms with van der Waals surface area (Å²) in [4.78, 5) is 11.2. The summed E-state index contributed by atoms with van der Waals surface area (Å²) >= 11 is 1.52. The van der Waals surface area contributed by atoms with E-state index < -0.39 is 0 Å². The van der Waals surface area contributed by atoms with Crippen LogP contribution in [0.25, 0.3) is 0 Å². The van der Waals surface area contributed by atoms with Gasteiger partial charge in [0.25, 0.3) is 0 Å². The number of esters is 1. The number of carbonyl (C=O) groups is 1. The predicted molar refractivity (Wildman–Crippen MR) is 69.8 cm³/mol. The number of ether oxygens (including phenoxy) is 1. The summed E-state index contributed by atoms with van der Waals surface area (Å²) in [6, 6.07) is -0.279. The summed E-state index contributed by atoms with van der Waals surface area (Å²) in [6.45, 7) is 6.53. The van der Waals surface area contributed by atoms with Crippen molar-refractivity contribution >= 4 is 42.7 Å². The minimum atomic E-state index is -0.279. The maximum absolute atomic E-state index is 11.2. The molecule has 0 aromatic carbocycles. The molecule has 0 spiro atoms. The smallest absolute Gasteiger partial charge is 0.323 e. The molecule has 0 amide bonds. The molecule has 0 saturated carbocycles. The maximum Gasteiger partial charge on any atom is 0.323 e. The topological polar surface area (TPSA) is 64.3 Å². The van der Waals surface area contributed by atoms with Crippen molar-refractivity contribution in [3.63, 3.8) is 0 Å². The highest BCUT2D eigenvalue weighted by molar-refractivity contribution is 7.98. The first-order chi connectivity index (χ1) is 6.07. The molecule has 1 atom stereocenters. The molecule has 7 heteroatoms. The first kappa shape index (κ1) is 20.7. The maximum atomic E-state index is 11.2. The highest BCUT2D eigenvalue weighted by Crippen LogP contribution is 2.05. The second-order valence-electron chi connectivity index (χ2n) is 2.96. The van der Waals surface area contributed by atoms with Gasteiger partial charge in [-0.2, -0.15) is 0 Å². The summed E-state index contributed by atoms with van der Waals surface area (Å²) < 4.78 is 7.84. The van der Waals surface area contributed by atoms with Crippen molar-refractivity contribution in [2.45, 2.75) is 32.1 Å². The minimum Gasteiger partial charge on any atom is -0.463 e. The Balaban J connectivity index is -0.000000720. The van der Waals surface area contributed by atoms with Crippen LogP contribution in [0.5, 0.6) is 0 Å². The Kier molecular flexibility index (Phi) is 17.1. The van der Waals surface area contributed by atoms with E-state index in [0.717, 1.165) is 0 Å². The van der Waals surface area contributed by atoms with Gasteiger partial charge >= 0.3 is 5.97 Å². The lowest BCUT2D eigenvalue weighted by molar-refractivity contribution is -0.144. The third kappa shape index (κ3) is 12.3. The van der Waals surface area contributed by atoms with E-state index >= 15 is 0 Å². The van der Waals surface area contributed by atoms with Gasteiger partial charge in [0.05, 0.1) is 0 Å². The van der Waals surface area contributed by atoms with Crippen molar-refractivity contribution in [2.24, 2.45) is 5.73 Å². The average molecular weight is 279 g/mol. The summed E-state index contributed by atoms with van der Waals surface area (Å²) in [5, 5.41) is 0.449. The van der Waals surface area contributed by atoms with Crippen LogP contribution >= 0.6 is 36.8 Å². The van der Waals surface area contributed by atoms with Gasteiger partial charge in [-0.3, -0.25) is 9.52 Å². The van der Waals surface area contributed by atoms with Crippen molar-refractivity contribution < 1.29 is 9.53 Å². The second kappa shape index (κ2) is 12.4. The lowest BCUT2D eigenvalue weighted by Crippen LogP contribution is -2.32. The van der Waals surface area contributed by atoms with Crippen LogP contribution in [-0.2, 0) is 9.53 Å². The third-order valence-electron chi connectivity index (χ3n) is 1.20. The number of hydrogen-bond donors (Lipinski definition) is 2. The second-order valence-corrected chi connectivity index (χ2v) is 4.38. The zero-order chi connectivity index (χ0) is 10.3. The predicted octanol–water partition coefficient (Wildman–Crippen LogP) is 1.37. The Labute approximate surface area is 108 Å². The Morgan fingerprint density at radius 3 is 2.33 bits per heavy atom. The van der Waals surface area contributed by atoms with Crippen LogP contribution in [-0.4, -0.2) is 30.4 Å². The summed E-state index contributed by atoms with van der Waals surface area (Å²) in [5.41, 5.74) is 5.20. The van der Waals surface area contributed by atoms with Gasteiger partial charge in [-0.1, -0.05) is 25.8 Å². The molecule has 94 valence electrons. The molecule has 4 nitrogen and oxygen atoms in total. The Morgan fingerprint density at radius 2 is 1.93 bits per heavy atom. The first-order valence-corrected chi connectivity index (χ1v) is 5.23. The van der Waals surface area contributed by atoms with Gasteiger partial charge in [-0.05, 0) is 6.92 Å². The lowest BCUT2D eigenvalue weighted by Gasteiger charge is -2.13. The molecule has 0 aliphatic carbocycles. The minimum absolute atomic E-state index is 0. The van der Waals surface area contributed by atoms with Crippen LogP contribution in [0.15, 0.2) is 0 Å². The monoisotopic (exact) mass is 278 g/mol. The molecule has 15 heavy (non-hydrogen) atoms. The number of rotatable bonds is 6. The number of carbonyl (C=O) groups excluding carboxylic acids is 1. The number of nitrogens with two attached hydrogens (primary N) is 1. The number of nitrogens with one attached hydrogen (secondary N) is 1. The molecule has 0 bridgehead atoms. The van der Waals surface area contributed by atoms with Gasteiger partial charge in [0.2, 0.25) is 0 Å². The van der Waals surface area contributed by atoms with E-state index in [1.54, 1.807) is 6.92 Å². The molecule has 0 fully saturated rings. The third-order valence-corrected chi connectivity index (χ3v) is 2.16. The van der Waals surface area contributed by atoms with Gasteiger partial charge in [-0.25, -0.2) is 0 Å². The normalized spacial score (nSPS) is 11.3. The molecule has 0 aromatic heterocycles. The van der Waals surface area contributed by atoms with Gasteiger partial charge in [0, 0.05) is 11.8 Å². The van der Waals surface area contributed by atoms with E-state index in [9.17, 15) is 4.79 Å². The molecule has 1 unspecified atom stereocenters. The van der Waals surface area contributed by atoms with E-state index in [-0.39, 0.29) is 43.4 Å².